The molecule has 0 fully saturated rings. The fraction of sp³-hybridized carbons (Fsp3) is 0.404. The van der Waals surface area contributed by atoms with Gasteiger partial charge in [-0.05, 0) is 123 Å². The van der Waals surface area contributed by atoms with E-state index in [0.29, 0.717) is 45.4 Å². The zero-order valence-electron chi connectivity index (χ0n) is 36.9. The van der Waals surface area contributed by atoms with Gasteiger partial charge in [-0.3, -0.25) is 19.6 Å². The first kappa shape index (κ1) is 44.1. The normalized spacial score (nSPS) is 16.7. The highest BCUT2D eigenvalue weighted by Crippen LogP contribution is 2.44. The van der Waals surface area contributed by atoms with Crippen LogP contribution >= 0.6 is 22.7 Å². The lowest BCUT2D eigenvalue weighted by molar-refractivity contribution is -0.142. The van der Waals surface area contributed by atoms with Crippen molar-refractivity contribution in [3.63, 3.8) is 0 Å². The van der Waals surface area contributed by atoms with E-state index in [1.54, 1.807) is 49.5 Å². The lowest BCUT2D eigenvalue weighted by Crippen LogP contribution is -2.41. The van der Waals surface area contributed by atoms with Crippen LogP contribution in [0.25, 0.3) is 20.4 Å². The molecule has 4 aromatic heterocycles. The maximum absolute atomic E-state index is 13.4. The van der Waals surface area contributed by atoms with Crippen molar-refractivity contribution in [3.05, 3.63) is 80.1 Å². The quantitative estimate of drug-likeness (QED) is 0.0889. The van der Waals surface area contributed by atoms with Crippen molar-refractivity contribution in [1.82, 2.24) is 29.7 Å². The predicted octanol–water partition coefficient (Wildman–Crippen LogP) is 6.82. The van der Waals surface area contributed by atoms with Crippen molar-refractivity contribution >= 4 is 90.4 Å². The molecule has 0 saturated carbocycles. The van der Waals surface area contributed by atoms with Crippen LogP contribution in [0.1, 0.15) is 62.4 Å². The van der Waals surface area contributed by atoms with Gasteiger partial charge in [0.1, 0.15) is 45.5 Å². The first-order chi connectivity index (χ1) is 31.6. The number of thiophene rings is 2. The van der Waals surface area contributed by atoms with Crippen molar-refractivity contribution in [1.29, 1.82) is 0 Å². The maximum Gasteiger partial charge on any atom is 0.306 e. The maximum atomic E-state index is 13.4. The Morgan fingerprint density at radius 2 is 1.26 bits per heavy atom. The molecule has 65 heavy (non-hydrogen) atoms. The van der Waals surface area contributed by atoms with Crippen LogP contribution in [0.3, 0.4) is 0 Å². The summed E-state index contributed by atoms with van der Waals surface area (Å²) in [6, 6.07) is 8.11. The van der Waals surface area contributed by atoms with Crippen LogP contribution in [-0.4, -0.2) is 119 Å². The largest absolute Gasteiger partial charge is 0.495 e. The summed E-state index contributed by atoms with van der Waals surface area (Å²) in [6.45, 7) is 3.29. The van der Waals surface area contributed by atoms with Crippen LogP contribution in [0.2, 0.25) is 0 Å². The first-order valence-corrected chi connectivity index (χ1v) is 23.5. The zero-order chi connectivity index (χ0) is 45.2. The number of methoxy groups -OCH3 is 2. The molecule has 0 unspecified atom stereocenters. The highest BCUT2D eigenvalue weighted by Gasteiger charge is 2.32. The number of hydrogen-bond acceptors (Lipinski definition) is 16. The number of aryl methyl sites for hydroxylation is 2. The van der Waals surface area contributed by atoms with Crippen LogP contribution in [0.4, 0.5) is 23.0 Å². The third kappa shape index (κ3) is 9.12. The summed E-state index contributed by atoms with van der Waals surface area (Å²) in [7, 11) is 7.38. The van der Waals surface area contributed by atoms with Gasteiger partial charge >= 0.3 is 5.97 Å². The summed E-state index contributed by atoms with van der Waals surface area (Å²) in [5.74, 6) is 2.00. The van der Waals surface area contributed by atoms with Crippen LogP contribution in [-0.2, 0) is 48.4 Å². The number of nitrogens with one attached hydrogen (secondary N) is 2. The van der Waals surface area contributed by atoms with Crippen LogP contribution in [0.15, 0.2) is 46.9 Å². The molecule has 4 N–H and O–H groups in total. The Hall–Kier alpha value is -6.08. The van der Waals surface area contributed by atoms with E-state index in [9.17, 15) is 19.8 Å². The first-order valence-electron chi connectivity index (χ1n) is 21.9. The van der Waals surface area contributed by atoms with Gasteiger partial charge in [-0.2, -0.15) is 0 Å². The Kier molecular flexibility index (Phi) is 13.0. The monoisotopic (exact) mass is 916 g/mol. The fourth-order valence-electron chi connectivity index (χ4n) is 9.18. The second-order valence-corrected chi connectivity index (χ2v) is 19.1. The summed E-state index contributed by atoms with van der Waals surface area (Å²) in [6.07, 6.45) is 12.0. The van der Waals surface area contributed by atoms with Crippen LogP contribution in [0.5, 0.6) is 11.5 Å². The van der Waals surface area contributed by atoms with Crippen molar-refractivity contribution in [2.24, 2.45) is 21.8 Å². The van der Waals surface area contributed by atoms with Crippen molar-refractivity contribution in [3.8, 4) is 11.5 Å². The lowest BCUT2D eigenvalue weighted by Gasteiger charge is -2.29. The van der Waals surface area contributed by atoms with Crippen molar-refractivity contribution < 1.29 is 29.3 Å². The van der Waals surface area contributed by atoms with E-state index < -0.39 is 5.97 Å². The van der Waals surface area contributed by atoms with Gasteiger partial charge in [-0.15, -0.1) is 22.7 Å². The van der Waals surface area contributed by atoms with E-state index >= 15 is 0 Å². The zero-order valence-corrected chi connectivity index (χ0v) is 38.5. The Balaban J connectivity index is 0.000000170. The number of anilines is 4. The topological polar surface area (TPSA) is 200 Å². The molecule has 6 aromatic rings. The number of ether oxygens (including phenoxy) is 2. The minimum atomic E-state index is -0.725. The van der Waals surface area contributed by atoms with E-state index in [-0.39, 0.29) is 24.3 Å². The van der Waals surface area contributed by atoms with Crippen LogP contribution in [0, 0.1) is 11.8 Å². The number of aliphatic hydroxyl groups is 1. The molecular weight excluding hydrogens is 865 g/mol. The van der Waals surface area contributed by atoms with E-state index in [2.05, 4.69) is 51.5 Å². The van der Waals surface area contributed by atoms with Gasteiger partial charge < -0.3 is 40.1 Å². The number of fused-ring (bicyclic) bond motifs is 8. The van der Waals surface area contributed by atoms with E-state index in [0.717, 1.165) is 114 Å². The number of aliphatic carboxylic acids is 1. The summed E-state index contributed by atoms with van der Waals surface area (Å²) < 4.78 is 11.2. The van der Waals surface area contributed by atoms with Gasteiger partial charge in [0.05, 0.1) is 62.0 Å². The molecule has 6 heterocycles. The summed E-state index contributed by atoms with van der Waals surface area (Å²) in [5.41, 5.74) is 8.52. The summed E-state index contributed by atoms with van der Waals surface area (Å²) >= 11 is 3.22. The molecule has 2 atom stereocenters. The molecular formula is C47H52N10O6S2. The Morgan fingerprint density at radius 3 is 1.75 bits per heavy atom. The van der Waals surface area contributed by atoms with Gasteiger partial charge in [0, 0.05) is 41.2 Å². The number of nitrogens with zero attached hydrogens (tertiary/aromatic N) is 8. The van der Waals surface area contributed by atoms with Gasteiger partial charge in [0.25, 0.3) is 0 Å². The minimum Gasteiger partial charge on any atom is -0.495 e. The molecule has 16 nitrogen and oxygen atoms in total. The van der Waals surface area contributed by atoms with Gasteiger partial charge in [-0.1, -0.05) is 0 Å². The Morgan fingerprint density at radius 1 is 0.738 bits per heavy atom. The summed E-state index contributed by atoms with van der Waals surface area (Å²) in [4.78, 5) is 59.6. The molecule has 18 heteroatoms. The molecule has 2 aromatic carbocycles. The van der Waals surface area contributed by atoms with Crippen molar-refractivity contribution in [2.75, 3.05) is 65.2 Å². The molecule has 0 radical (unpaired) electrons. The third-order valence-electron chi connectivity index (χ3n) is 12.5. The second kappa shape index (κ2) is 19.2. The Bertz CT molecular complexity index is 2840. The van der Waals surface area contributed by atoms with Gasteiger partial charge in [-0.25, -0.2) is 19.9 Å². The minimum absolute atomic E-state index is 0.0167. The molecule has 2 aliphatic heterocycles. The number of carbonyl (C=O) groups is 2. The van der Waals surface area contributed by atoms with E-state index in [4.69, 9.17) is 9.47 Å². The molecule has 10 rings (SSSR count). The SMILES string of the molecule is COc1cc2c(cc1Nc1ncnc3sc4c(c13)CC[C@H](C(=O)N(CCO)CCCN(C)C)C4)C=NC2.COc1cc2c(cc1Nc1ncnc3sc4c(c13)CC[C@H](C(=O)O)C4)C=NC2. The standard InChI is InChI=1S/C27H34N6O3S.C20H18N4O3S/c1-32(2)7-4-8-33(9-10-34)27(35)17-5-6-20-23(13-17)37-26-24(20)25(29-16-30-26)31-21-11-18-14-28-15-19(18)12-22(21)36-3;1-27-15-5-12-8-21-7-11(12)4-14(15)24-18-17-13-3-2-10(20(25)26)6-16(13)28-19(17)23-9-22-18/h11-12,14,16-17,34H,4-10,13,15H2,1-3H3,(H,29,30,31);4-5,7,9-10H,2-3,6,8H2,1H3,(H,25,26)(H,22,23,24)/t17-;10-/m00/s1. The number of aromatic nitrogens is 4. The smallest absolute Gasteiger partial charge is 0.306 e. The highest BCUT2D eigenvalue weighted by atomic mass is 32.1. The third-order valence-corrected chi connectivity index (χ3v) is 14.8. The second-order valence-electron chi connectivity index (χ2n) is 16.9. The fourth-order valence-corrected chi connectivity index (χ4v) is 11.7. The molecule has 0 bridgehead atoms. The average Bonchev–Trinajstić information content (AvgIpc) is 4.12. The van der Waals surface area contributed by atoms with E-state index in [1.165, 1.54) is 16.0 Å². The van der Waals surface area contributed by atoms with Crippen molar-refractivity contribution in [2.45, 2.75) is 58.0 Å². The van der Waals surface area contributed by atoms with Crippen LogP contribution < -0.4 is 20.1 Å². The summed E-state index contributed by atoms with van der Waals surface area (Å²) in [5, 5.41) is 27.8. The molecule has 0 saturated heterocycles. The number of carbonyl (C=O) groups excluding carboxylic acids is 1. The lowest BCUT2D eigenvalue weighted by atomic mass is 9.86. The van der Waals surface area contributed by atoms with E-state index in [1.807, 2.05) is 49.6 Å². The number of benzene rings is 2. The molecule has 1 amide bonds. The Labute approximate surface area is 384 Å². The number of aliphatic hydroxyl groups excluding tert-OH is 1. The molecule has 338 valence electrons. The highest BCUT2D eigenvalue weighted by molar-refractivity contribution is 7.19. The number of amides is 1. The number of hydrogen-bond donors (Lipinski definition) is 4. The number of carboxylic acid groups (broad SMARTS) is 1. The number of rotatable bonds is 14. The van der Waals surface area contributed by atoms with Gasteiger partial charge in [0.15, 0.2) is 0 Å². The predicted molar refractivity (Wildman–Crippen MR) is 255 cm³/mol. The molecule has 2 aliphatic carbocycles. The molecule has 4 aliphatic rings. The van der Waals surface area contributed by atoms with Gasteiger partial charge in [0.2, 0.25) is 5.91 Å². The number of aliphatic imine (C=N–C) groups is 2. The molecule has 0 spiro atoms. The average molecular weight is 917 g/mol. The number of carboxylic acids is 1.